The van der Waals surface area contributed by atoms with Crippen LogP contribution in [0.5, 0.6) is 0 Å². The van der Waals surface area contributed by atoms with Crippen molar-refractivity contribution in [1.82, 2.24) is 0 Å². The molecule has 0 amide bonds. The van der Waals surface area contributed by atoms with Gasteiger partial charge >= 0.3 is 0 Å². The van der Waals surface area contributed by atoms with Crippen molar-refractivity contribution in [1.29, 1.82) is 0 Å². The smallest absolute Gasteiger partial charge is 0.167 e. The molecule has 18 heavy (non-hydrogen) atoms. The third-order valence-electron chi connectivity index (χ3n) is 3.70. The molecule has 4 N–H and O–H groups in total. The van der Waals surface area contributed by atoms with Crippen LogP contribution in [0.4, 0.5) is 0 Å². The summed E-state index contributed by atoms with van der Waals surface area (Å²) >= 11 is 0. The molecule has 0 aliphatic heterocycles. The fourth-order valence-electron chi connectivity index (χ4n) is 2.07. The molecule has 4 heteroatoms. The van der Waals surface area contributed by atoms with Crippen molar-refractivity contribution < 1.29 is 20.2 Å². The zero-order chi connectivity index (χ0) is 14.2. The molecule has 0 aliphatic carbocycles. The molecule has 0 unspecified atom stereocenters. The maximum atomic E-state index is 9.54. The summed E-state index contributed by atoms with van der Waals surface area (Å²) in [5, 5.41) is 28.6. The highest BCUT2D eigenvalue weighted by molar-refractivity contribution is 4.76. The Morgan fingerprint density at radius 3 is 1.33 bits per heavy atom. The van der Waals surface area contributed by atoms with Gasteiger partial charge < -0.3 is 20.2 Å². The topological polar surface area (TPSA) is 65.1 Å². The van der Waals surface area contributed by atoms with Gasteiger partial charge in [-0.1, -0.05) is 27.7 Å². The summed E-state index contributed by atoms with van der Waals surface area (Å²) in [4.78, 5) is 1.12. The number of quaternary nitrogens is 1. The highest BCUT2D eigenvalue weighted by atomic mass is 16.3. The van der Waals surface area contributed by atoms with Gasteiger partial charge in [0.25, 0.3) is 0 Å². The highest BCUT2D eigenvalue weighted by Crippen LogP contribution is 2.02. The third kappa shape index (κ3) is 5.65. The summed E-state index contributed by atoms with van der Waals surface area (Å²) in [5.74, 6) is 1.18. The second-order valence-corrected chi connectivity index (χ2v) is 6.22. The average molecular weight is 262 g/mol. The summed E-state index contributed by atoms with van der Waals surface area (Å²) < 4.78 is 0. The maximum Gasteiger partial charge on any atom is 0.167 e. The number of hydrogen-bond donors (Lipinski definition) is 4. The Bertz CT molecular complexity index is 183. The minimum Gasteiger partial charge on any atom is -0.390 e. The largest absolute Gasteiger partial charge is 0.390 e. The van der Waals surface area contributed by atoms with Crippen LogP contribution < -0.4 is 4.90 Å². The Labute approximate surface area is 112 Å². The van der Waals surface area contributed by atoms with Crippen LogP contribution in [0, 0.1) is 11.8 Å². The van der Waals surface area contributed by atoms with E-state index in [9.17, 15) is 15.3 Å². The van der Waals surface area contributed by atoms with Crippen molar-refractivity contribution in [3.8, 4) is 0 Å². The minimum absolute atomic E-state index is 0.175. The standard InChI is InChI=1S/C14H31NO3/c1-12(2)5-7-15(8-6-13(3)4)14(9-16,10-17)11-18/h12-13,16-18H,5-11H2,1-4H3/p+1. The lowest BCUT2D eigenvalue weighted by Crippen LogP contribution is -3.22. The van der Waals surface area contributed by atoms with E-state index < -0.39 is 5.54 Å². The van der Waals surface area contributed by atoms with Gasteiger partial charge in [0, 0.05) is 0 Å². The minimum atomic E-state index is -0.802. The molecule has 0 radical (unpaired) electrons. The van der Waals surface area contributed by atoms with Crippen LogP contribution >= 0.6 is 0 Å². The van der Waals surface area contributed by atoms with E-state index in [-0.39, 0.29) is 19.8 Å². The molecular formula is C14H32NO3+. The second kappa shape index (κ2) is 8.86. The van der Waals surface area contributed by atoms with Crippen molar-refractivity contribution in [3.63, 3.8) is 0 Å². The summed E-state index contributed by atoms with van der Waals surface area (Å²) in [6.07, 6.45) is 2.07. The first-order chi connectivity index (χ1) is 8.41. The van der Waals surface area contributed by atoms with E-state index in [2.05, 4.69) is 27.7 Å². The monoisotopic (exact) mass is 262 g/mol. The van der Waals surface area contributed by atoms with E-state index >= 15 is 0 Å². The third-order valence-corrected chi connectivity index (χ3v) is 3.70. The van der Waals surface area contributed by atoms with Crippen LogP contribution in [-0.2, 0) is 0 Å². The molecule has 0 aromatic heterocycles. The molecule has 0 aromatic rings. The van der Waals surface area contributed by atoms with Crippen molar-refractivity contribution in [2.75, 3.05) is 32.9 Å². The van der Waals surface area contributed by atoms with Crippen LogP contribution in [0.3, 0.4) is 0 Å². The van der Waals surface area contributed by atoms with Crippen LogP contribution in [0.2, 0.25) is 0 Å². The SMILES string of the molecule is CC(C)CC[NH+](CCC(C)C)C(CO)(CO)CO. The quantitative estimate of drug-likeness (QED) is 0.436. The van der Waals surface area contributed by atoms with Crippen LogP contribution in [0.25, 0.3) is 0 Å². The summed E-state index contributed by atoms with van der Waals surface area (Å²) in [6, 6.07) is 0. The first-order valence-corrected chi connectivity index (χ1v) is 7.09. The van der Waals surface area contributed by atoms with E-state index in [1.54, 1.807) is 0 Å². The predicted molar refractivity (Wildman–Crippen MR) is 73.6 cm³/mol. The molecule has 0 spiro atoms. The van der Waals surface area contributed by atoms with Crippen molar-refractivity contribution in [3.05, 3.63) is 0 Å². The Kier molecular flexibility index (Phi) is 8.78. The van der Waals surface area contributed by atoms with Gasteiger partial charge in [-0.05, 0) is 24.7 Å². The maximum absolute atomic E-state index is 9.54. The molecular weight excluding hydrogens is 230 g/mol. The van der Waals surface area contributed by atoms with Gasteiger partial charge in [-0.15, -0.1) is 0 Å². The lowest BCUT2D eigenvalue weighted by Gasteiger charge is -2.37. The molecule has 0 fully saturated rings. The molecule has 0 atom stereocenters. The Morgan fingerprint density at radius 2 is 1.11 bits per heavy atom. The van der Waals surface area contributed by atoms with Crippen molar-refractivity contribution in [2.24, 2.45) is 11.8 Å². The van der Waals surface area contributed by atoms with E-state index in [0.29, 0.717) is 11.8 Å². The zero-order valence-corrected chi connectivity index (χ0v) is 12.4. The van der Waals surface area contributed by atoms with Gasteiger partial charge in [0.2, 0.25) is 0 Å². The molecule has 0 aromatic carbocycles. The van der Waals surface area contributed by atoms with E-state index in [1.165, 1.54) is 0 Å². The lowest BCUT2D eigenvalue weighted by molar-refractivity contribution is -0.955. The molecule has 110 valence electrons. The molecule has 0 saturated heterocycles. The Morgan fingerprint density at radius 1 is 0.778 bits per heavy atom. The van der Waals surface area contributed by atoms with Crippen molar-refractivity contribution in [2.45, 2.75) is 46.1 Å². The number of nitrogens with one attached hydrogen (secondary N) is 1. The summed E-state index contributed by atoms with van der Waals surface area (Å²) in [5.41, 5.74) is -0.802. The van der Waals surface area contributed by atoms with Gasteiger partial charge in [0.1, 0.15) is 19.8 Å². The first-order valence-electron chi connectivity index (χ1n) is 7.09. The Balaban J connectivity index is 4.68. The second-order valence-electron chi connectivity index (χ2n) is 6.22. The van der Waals surface area contributed by atoms with Gasteiger partial charge in [0.05, 0.1) is 13.1 Å². The number of aliphatic hydroxyl groups is 3. The number of rotatable bonds is 10. The van der Waals surface area contributed by atoms with E-state index in [0.717, 1.165) is 30.8 Å². The predicted octanol–water partition coefficient (Wildman–Crippen LogP) is -0.321. The molecule has 0 rings (SSSR count). The van der Waals surface area contributed by atoms with Crippen LogP contribution in [0.15, 0.2) is 0 Å². The molecule has 4 nitrogen and oxygen atoms in total. The summed E-state index contributed by atoms with van der Waals surface area (Å²) in [7, 11) is 0. The van der Waals surface area contributed by atoms with Gasteiger partial charge in [-0.25, -0.2) is 0 Å². The number of aliphatic hydroxyl groups excluding tert-OH is 3. The van der Waals surface area contributed by atoms with Crippen molar-refractivity contribution >= 4 is 0 Å². The first kappa shape index (κ1) is 17.8. The normalized spacial score (nSPS) is 13.0. The average Bonchev–Trinajstić information content (AvgIpc) is 2.33. The number of hydrogen-bond acceptors (Lipinski definition) is 3. The van der Waals surface area contributed by atoms with Gasteiger partial charge in [0.15, 0.2) is 5.54 Å². The highest BCUT2D eigenvalue weighted by Gasteiger charge is 2.39. The van der Waals surface area contributed by atoms with E-state index in [1.807, 2.05) is 0 Å². The fraction of sp³-hybridized carbons (Fsp3) is 1.00. The molecule has 0 heterocycles. The van der Waals surface area contributed by atoms with Crippen LogP contribution in [-0.4, -0.2) is 53.8 Å². The molecule has 0 bridgehead atoms. The van der Waals surface area contributed by atoms with Gasteiger partial charge in [-0.2, -0.15) is 0 Å². The fourth-order valence-corrected chi connectivity index (χ4v) is 2.07. The zero-order valence-electron chi connectivity index (χ0n) is 12.4. The lowest BCUT2D eigenvalue weighted by atomic mass is 9.97. The van der Waals surface area contributed by atoms with E-state index in [4.69, 9.17) is 0 Å². The molecule has 0 saturated carbocycles. The Hall–Kier alpha value is -0.160. The summed E-state index contributed by atoms with van der Waals surface area (Å²) in [6.45, 7) is 9.90. The van der Waals surface area contributed by atoms with Gasteiger partial charge in [-0.3, -0.25) is 0 Å². The molecule has 0 aliphatic rings. The van der Waals surface area contributed by atoms with Crippen LogP contribution in [0.1, 0.15) is 40.5 Å².